The average molecular weight is 300 g/mol. The first-order valence-electron chi connectivity index (χ1n) is 6.18. The fourth-order valence-corrected chi connectivity index (χ4v) is 3.59. The van der Waals surface area contributed by atoms with E-state index in [-0.39, 0.29) is 17.2 Å². The van der Waals surface area contributed by atoms with E-state index in [0.29, 0.717) is 12.0 Å². The van der Waals surface area contributed by atoms with Crippen molar-refractivity contribution in [1.82, 2.24) is 9.55 Å². The monoisotopic (exact) mass is 300 g/mol. The third-order valence-corrected chi connectivity index (χ3v) is 4.67. The van der Waals surface area contributed by atoms with Gasteiger partial charge in [-0.15, -0.1) is 11.8 Å². The minimum Gasteiger partial charge on any atom is -0.461 e. The van der Waals surface area contributed by atoms with Gasteiger partial charge in [0.25, 0.3) is 5.56 Å². The molecule has 0 spiro atoms. The van der Waals surface area contributed by atoms with E-state index < -0.39 is 23.3 Å². The topological polar surface area (TPSA) is 101 Å². The maximum Gasteiger partial charge on any atom is 0.329 e. The number of aromatic amines is 1. The van der Waals surface area contributed by atoms with Crippen molar-refractivity contribution in [1.29, 1.82) is 0 Å². The van der Waals surface area contributed by atoms with E-state index in [0.717, 1.165) is 0 Å². The summed E-state index contributed by atoms with van der Waals surface area (Å²) in [5.41, 5.74) is -0.482. The molecule has 1 saturated heterocycles. The van der Waals surface area contributed by atoms with Gasteiger partial charge < -0.3 is 9.84 Å². The van der Waals surface area contributed by atoms with Crippen LogP contribution in [-0.4, -0.2) is 38.6 Å². The molecule has 2 heterocycles. The van der Waals surface area contributed by atoms with Crippen molar-refractivity contribution in [3.05, 3.63) is 32.6 Å². The molecule has 0 radical (unpaired) electrons. The quantitative estimate of drug-likeness (QED) is 0.748. The zero-order valence-corrected chi connectivity index (χ0v) is 12.0. The van der Waals surface area contributed by atoms with Crippen molar-refractivity contribution in [2.75, 3.05) is 6.61 Å². The number of rotatable bonds is 3. The second-order valence-electron chi connectivity index (χ2n) is 4.67. The van der Waals surface area contributed by atoms with Crippen LogP contribution < -0.4 is 11.2 Å². The number of nitrogens with one attached hydrogen (secondary N) is 1. The number of H-pyrrole nitrogens is 1. The molecule has 0 aromatic carbocycles. The molecule has 2 N–H and O–H groups in total. The third kappa shape index (κ3) is 2.96. The number of ether oxygens (including phenoxy) is 1. The van der Waals surface area contributed by atoms with E-state index in [1.807, 2.05) is 0 Å². The van der Waals surface area contributed by atoms with Crippen molar-refractivity contribution in [2.24, 2.45) is 0 Å². The van der Waals surface area contributed by atoms with E-state index in [1.54, 1.807) is 6.92 Å². The van der Waals surface area contributed by atoms with Gasteiger partial charge in [-0.25, -0.2) is 4.79 Å². The summed E-state index contributed by atoms with van der Waals surface area (Å²) in [6.45, 7) is 2.78. The molecule has 110 valence electrons. The first-order valence-corrected chi connectivity index (χ1v) is 7.12. The molecule has 1 aromatic rings. The molecule has 0 saturated carbocycles. The molecular weight excluding hydrogens is 284 g/mol. The smallest absolute Gasteiger partial charge is 0.329 e. The Morgan fingerprint density at radius 1 is 1.60 bits per heavy atom. The molecule has 7 nitrogen and oxygen atoms in total. The summed E-state index contributed by atoms with van der Waals surface area (Å²) in [5.74, 6) is -0.417. The lowest BCUT2D eigenvalue weighted by atomic mass is 10.2. The lowest BCUT2D eigenvalue weighted by Gasteiger charge is -2.15. The van der Waals surface area contributed by atoms with Gasteiger partial charge in [-0.3, -0.25) is 19.1 Å². The Hall–Kier alpha value is -1.54. The first-order chi connectivity index (χ1) is 9.42. The number of aryl methyl sites for hydroxylation is 1. The van der Waals surface area contributed by atoms with Crippen molar-refractivity contribution in [2.45, 2.75) is 37.0 Å². The van der Waals surface area contributed by atoms with Gasteiger partial charge in [0, 0.05) is 25.1 Å². The standard InChI is InChI=1S/C12H16N2O5S/c1-6-4-14(12(18)13-11(6)17)10-3-8(19-7(2)16)9(5-15)20-10/h4,8-10,15H,3,5H2,1-2H3,(H,13,17,18)/t8-,9+,10+/m0/s1. The molecule has 8 heteroatoms. The number of aliphatic hydroxyl groups excluding tert-OH is 1. The number of esters is 1. The second-order valence-corrected chi connectivity index (χ2v) is 6.10. The molecule has 20 heavy (non-hydrogen) atoms. The number of hydrogen-bond acceptors (Lipinski definition) is 6. The molecular formula is C12H16N2O5S. The Balaban J connectivity index is 2.27. The predicted molar refractivity (Wildman–Crippen MR) is 73.7 cm³/mol. The van der Waals surface area contributed by atoms with Crippen molar-refractivity contribution < 1.29 is 14.6 Å². The van der Waals surface area contributed by atoms with Crippen LogP contribution >= 0.6 is 11.8 Å². The van der Waals surface area contributed by atoms with Crippen LogP contribution in [-0.2, 0) is 9.53 Å². The van der Waals surface area contributed by atoms with E-state index in [1.165, 1.54) is 29.4 Å². The molecule has 1 aliphatic heterocycles. The summed E-state index contributed by atoms with van der Waals surface area (Å²) in [7, 11) is 0. The zero-order valence-electron chi connectivity index (χ0n) is 11.2. The number of nitrogens with zero attached hydrogens (tertiary/aromatic N) is 1. The lowest BCUT2D eigenvalue weighted by molar-refractivity contribution is -0.146. The van der Waals surface area contributed by atoms with E-state index in [9.17, 15) is 19.5 Å². The van der Waals surface area contributed by atoms with Gasteiger partial charge in [0.2, 0.25) is 0 Å². The van der Waals surface area contributed by atoms with Crippen LogP contribution in [0.15, 0.2) is 15.8 Å². The summed E-state index contributed by atoms with van der Waals surface area (Å²) in [6.07, 6.45) is 1.47. The summed E-state index contributed by atoms with van der Waals surface area (Å²) in [4.78, 5) is 36.5. The van der Waals surface area contributed by atoms with Gasteiger partial charge in [0.05, 0.1) is 17.2 Å². The summed E-state index contributed by atoms with van der Waals surface area (Å²) in [6, 6.07) is 0. The highest BCUT2D eigenvalue weighted by Crippen LogP contribution is 2.42. The maximum atomic E-state index is 11.8. The van der Waals surface area contributed by atoms with Gasteiger partial charge in [-0.05, 0) is 6.92 Å². The first kappa shape index (κ1) is 14.9. The van der Waals surface area contributed by atoms with E-state index in [2.05, 4.69) is 4.98 Å². The fourth-order valence-electron chi connectivity index (χ4n) is 2.17. The second kappa shape index (κ2) is 5.84. The maximum absolute atomic E-state index is 11.8. The van der Waals surface area contributed by atoms with Gasteiger partial charge in [0.1, 0.15) is 6.10 Å². The minimum absolute atomic E-state index is 0.143. The van der Waals surface area contributed by atoms with Crippen molar-refractivity contribution in [3.8, 4) is 0 Å². The number of thioether (sulfide) groups is 1. The van der Waals surface area contributed by atoms with Gasteiger partial charge in [-0.1, -0.05) is 0 Å². The molecule has 0 amide bonds. The lowest BCUT2D eigenvalue weighted by Crippen LogP contribution is -2.32. The highest BCUT2D eigenvalue weighted by atomic mass is 32.2. The molecule has 0 aliphatic carbocycles. The highest BCUT2D eigenvalue weighted by molar-refractivity contribution is 8.00. The molecule has 0 unspecified atom stereocenters. The number of carbonyl (C=O) groups excluding carboxylic acids is 1. The molecule has 2 rings (SSSR count). The van der Waals surface area contributed by atoms with Gasteiger partial charge >= 0.3 is 11.7 Å². The zero-order chi connectivity index (χ0) is 14.9. The Bertz CT molecular complexity index is 623. The highest BCUT2D eigenvalue weighted by Gasteiger charge is 2.38. The van der Waals surface area contributed by atoms with Crippen LogP contribution in [0.25, 0.3) is 0 Å². The van der Waals surface area contributed by atoms with Crippen LogP contribution in [0.4, 0.5) is 0 Å². The molecule has 0 bridgehead atoms. The van der Waals surface area contributed by atoms with E-state index >= 15 is 0 Å². The number of aliphatic hydroxyl groups is 1. The van der Waals surface area contributed by atoms with Crippen LogP contribution in [0.5, 0.6) is 0 Å². The number of aromatic nitrogens is 2. The SMILES string of the molecule is CC(=O)O[C@H]1C[C@H](n2cc(C)c(=O)[nH]c2=O)S[C@@H]1CO. The largest absolute Gasteiger partial charge is 0.461 e. The summed E-state index contributed by atoms with van der Waals surface area (Å²) < 4.78 is 6.56. The van der Waals surface area contributed by atoms with E-state index in [4.69, 9.17) is 4.74 Å². The Morgan fingerprint density at radius 2 is 2.30 bits per heavy atom. The fraction of sp³-hybridized carbons (Fsp3) is 0.583. The third-order valence-electron chi connectivity index (χ3n) is 3.13. The average Bonchev–Trinajstić information content (AvgIpc) is 2.75. The summed E-state index contributed by atoms with van der Waals surface area (Å²) in [5, 5.41) is 8.77. The van der Waals surface area contributed by atoms with Gasteiger partial charge in [-0.2, -0.15) is 0 Å². The van der Waals surface area contributed by atoms with Crippen molar-refractivity contribution in [3.63, 3.8) is 0 Å². The predicted octanol–water partition coefficient (Wildman–Crippen LogP) is -0.227. The molecule has 3 atom stereocenters. The molecule has 1 aliphatic rings. The van der Waals surface area contributed by atoms with Gasteiger partial charge in [0.15, 0.2) is 0 Å². The Morgan fingerprint density at radius 3 is 2.90 bits per heavy atom. The van der Waals surface area contributed by atoms with Crippen molar-refractivity contribution >= 4 is 17.7 Å². The molecule has 1 fully saturated rings. The normalized spacial score (nSPS) is 25.6. The number of carbonyl (C=O) groups is 1. The number of hydrogen-bond donors (Lipinski definition) is 2. The van der Waals surface area contributed by atoms with Crippen LogP contribution in [0.1, 0.15) is 24.3 Å². The summed E-state index contributed by atoms with van der Waals surface area (Å²) >= 11 is 1.36. The van der Waals surface area contributed by atoms with Crippen LogP contribution in [0.3, 0.4) is 0 Å². The Labute approximate surface area is 119 Å². The minimum atomic E-state index is -0.502. The molecule has 1 aromatic heterocycles. The van der Waals surface area contributed by atoms with Crippen LogP contribution in [0, 0.1) is 6.92 Å². The Kier molecular flexibility index (Phi) is 4.34. The van der Waals surface area contributed by atoms with Crippen LogP contribution in [0.2, 0.25) is 0 Å².